The molecule has 2 atom stereocenters. The zero-order valence-electron chi connectivity index (χ0n) is 16.7. The number of rotatable bonds is 5. The van der Waals surface area contributed by atoms with Crippen LogP contribution in [-0.2, 0) is 20.8 Å². The maximum atomic E-state index is 13.8. The molecule has 2 heterocycles. The number of nitrogens with zero attached hydrogens (tertiary/aromatic N) is 4. The van der Waals surface area contributed by atoms with Gasteiger partial charge in [0, 0.05) is 38.5 Å². The summed E-state index contributed by atoms with van der Waals surface area (Å²) in [6.07, 6.45) is -6.57. The van der Waals surface area contributed by atoms with Crippen LogP contribution in [0.25, 0.3) is 0 Å². The van der Waals surface area contributed by atoms with Gasteiger partial charge in [0.2, 0.25) is 11.7 Å². The van der Waals surface area contributed by atoms with Crippen molar-refractivity contribution < 1.29 is 40.8 Å². The molecule has 2 N–H and O–H groups in total. The van der Waals surface area contributed by atoms with Crippen molar-refractivity contribution in [2.45, 2.75) is 38.1 Å². The van der Waals surface area contributed by atoms with E-state index in [9.17, 15) is 35.9 Å². The SMILES string of the molecule is CC(=O)ON1N=C(C(F)(F)F)N2CCN(C(=O)CC(N)Cc3cc(F)c(F)cc3F)CC12. The second-order valence-electron chi connectivity index (χ2n) is 7.35. The van der Waals surface area contributed by atoms with Gasteiger partial charge in [-0.3, -0.25) is 4.79 Å². The molecule has 2 unspecified atom stereocenters. The highest BCUT2D eigenvalue weighted by Gasteiger charge is 2.51. The second kappa shape index (κ2) is 8.84. The van der Waals surface area contributed by atoms with Gasteiger partial charge < -0.3 is 20.4 Å². The van der Waals surface area contributed by atoms with Crippen LogP contribution in [0.5, 0.6) is 0 Å². The summed E-state index contributed by atoms with van der Waals surface area (Å²) >= 11 is 0. The number of hydrazone groups is 1. The van der Waals surface area contributed by atoms with Crippen LogP contribution in [0.3, 0.4) is 0 Å². The number of halogens is 6. The van der Waals surface area contributed by atoms with E-state index in [1.54, 1.807) is 0 Å². The molecule has 2 aliphatic rings. The maximum Gasteiger partial charge on any atom is 0.451 e. The van der Waals surface area contributed by atoms with Crippen molar-refractivity contribution in [3.05, 3.63) is 35.1 Å². The summed E-state index contributed by atoms with van der Waals surface area (Å²) < 4.78 is 79.9. The zero-order chi connectivity index (χ0) is 23.8. The van der Waals surface area contributed by atoms with Gasteiger partial charge in [0.1, 0.15) is 5.82 Å². The molecule has 1 aromatic rings. The van der Waals surface area contributed by atoms with E-state index in [1.807, 2.05) is 0 Å². The zero-order valence-corrected chi connectivity index (χ0v) is 16.7. The minimum absolute atomic E-state index is 0.0927. The molecule has 14 heteroatoms. The molecule has 8 nitrogen and oxygen atoms in total. The third-order valence-corrected chi connectivity index (χ3v) is 4.91. The van der Waals surface area contributed by atoms with Gasteiger partial charge in [-0.1, -0.05) is 5.17 Å². The molecule has 2 aliphatic heterocycles. The minimum Gasteiger partial charge on any atom is -0.337 e. The Balaban J connectivity index is 1.65. The average Bonchev–Trinajstić information content (AvgIpc) is 3.03. The summed E-state index contributed by atoms with van der Waals surface area (Å²) in [6, 6.07) is 0.0645. The molecule has 1 saturated heterocycles. The van der Waals surface area contributed by atoms with Crippen LogP contribution >= 0.6 is 0 Å². The normalized spacial score (nSPS) is 19.6. The molecule has 176 valence electrons. The standard InChI is InChI=1S/C18H19F6N5O3/c1-9(30)32-29-15-8-27(2-3-28(15)17(26-29)18(22,23)24)16(31)6-11(25)4-10-5-13(20)14(21)7-12(10)19/h5,7,11,15H,2-4,6,8,25H2,1H3. The molecule has 32 heavy (non-hydrogen) atoms. The Labute approximate surface area is 178 Å². The quantitative estimate of drug-likeness (QED) is 0.522. The number of alkyl halides is 3. The summed E-state index contributed by atoms with van der Waals surface area (Å²) in [5.41, 5.74) is 5.64. The van der Waals surface area contributed by atoms with Crippen molar-refractivity contribution in [3.63, 3.8) is 0 Å². The molecule has 1 fully saturated rings. The van der Waals surface area contributed by atoms with Crippen LogP contribution in [0.2, 0.25) is 0 Å². The van der Waals surface area contributed by atoms with Crippen LogP contribution in [-0.4, -0.2) is 70.7 Å². The first kappa shape index (κ1) is 23.6. The first-order valence-electron chi connectivity index (χ1n) is 9.43. The lowest BCUT2D eigenvalue weighted by Gasteiger charge is -2.40. The van der Waals surface area contributed by atoms with Crippen molar-refractivity contribution in [1.82, 2.24) is 15.0 Å². The van der Waals surface area contributed by atoms with Gasteiger partial charge in [-0.15, -0.1) is 5.10 Å². The molecule has 0 bridgehead atoms. The van der Waals surface area contributed by atoms with Gasteiger partial charge in [0.25, 0.3) is 0 Å². The number of carbonyl (C=O) groups excluding carboxylic acids is 2. The monoisotopic (exact) mass is 467 g/mol. The number of piperazine rings is 1. The van der Waals surface area contributed by atoms with E-state index in [0.29, 0.717) is 17.3 Å². The fourth-order valence-corrected chi connectivity index (χ4v) is 3.51. The largest absolute Gasteiger partial charge is 0.451 e. The maximum absolute atomic E-state index is 13.8. The van der Waals surface area contributed by atoms with Crippen molar-refractivity contribution in [3.8, 4) is 0 Å². The fraction of sp³-hybridized carbons (Fsp3) is 0.500. The second-order valence-corrected chi connectivity index (χ2v) is 7.35. The Bertz CT molecular complexity index is 940. The smallest absolute Gasteiger partial charge is 0.337 e. The van der Waals surface area contributed by atoms with Crippen LogP contribution in [0, 0.1) is 17.5 Å². The van der Waals surface area contributed by atoms with Crippen LogP contribution < -0.4 is 5.73 Å². The number of nitrogens with two attached hydrogens (primary N) is 1. The molecule has 0 saturated carbocycles. The number of amidine groups is 1. The number of benzene rings is 1. The fourth-order valence-electron chi connectivity index (χ4n) is 3.51. The van der Waals surface area contributed by atoms with Crippen molar-refractivity contribution in [2.24, 2.45) is 10.8 Å². The third-order valence-electron chi connectivity index (χ3n) is 4.91. The van der Waals surface area contributed by atoms with E-state index in [2.05, 4.69) is 5.10 Å². The number of carbonyl (C=O) groups is 2. The molecule has 0 aromatic heterocycles. The number of hydroxylamine groups is 1. The Morgan fingerprint density at radius 2 is 1.84 bits per heavy atom. The molecular weight excluding hydrogens is 448 g/mol. The molecular formula is C18H19F6N5O3. The molecule has 0 aliphatic carbocycles. The Morgan fingerprint density at radius 1 is 1.19 bits per heavy atom. The van der Waals surface area contributed by atoms with Gasteiger partial charge in [0.15, 0.2) is 17.8 Å². The summed E-state index contributed by atoms with van der Waals surface area (Å²) in [5, 5.41) is 3.82. The predicted molar refractivity (Wildman–Crippen MR) is 96.8 cm³/mol. The third kappa shape index (κ3) is 5.06. The van der Waals surface area contributed by atoms with E-state index in [1.165, 1.54) is 4.90 Å². The number of amides is 1. The highest BCUT2D eigenvalue weighted by molar-refractivity contribution is 5.89. The van der Waals surface area contributed by atoms with E-state index < -0.39 is 53.5 Å². The van der Waals surface area contributed by atoms with E-state index in [0.717, 1.165) is 11.8 Å². The van der Waals surface area contributed by atoms with Crippen LogP contribution in [0.1, 0.15) is 18.9 Å². The molecule has 1 aromatic carbocycles. The highest BCUT2D eigenvalue weighted by atomic mass is 19.4. The lowest BCUT2D eigenvalue weighted by atomic mass is 10.0. The van der Waals surface area contributed by atoms with Gasteiger partial charge in [-0.05, 0) is 18.1 Å². The van der Waals surface area contributed by atoms with E-state index >= 15 is 0 Å². The topological polar surface area (TPSA) is 91.5 Å². The first-order chi connectivity index (χ1) is 14.9. The van der Waals surface area contributed by atoms with E-state index in [4.69, 9.17) is 10.6 Å². The van der Waals surface area contributed by atoms with E-state index in [-0.39, 0.29) is 38.0 Å². The van der Waals surface area contributed by atoms with Gasteiger partial charge in [-0.25, -0.2) is 18.0 Å². The average molecular weight is 467 g/mol. The molecule has 3 rings (SSSR count). The number of fused-ring (bicyclic) bond motifs is 1. The minimum atomic E-state index is -4.80. The lowest BCUT2D eigenvalue weighted by Crippen LogP contribution is -2.59. The van der Waals surface area contributed by atoms with Crippen LogP contribution in [0.4, 0.5) is 26.3 Å². The van der Waals surface area contributed by atoms with Gasteiger partial charge in [-0.2, -0.15) is 13.2 Å². The van der Waals surface area contributed by atoms with Crippen molar-refractivity contribution >= 4 is 17.7 Å². The molecule has 0 spiro atoms. The summed E-state index contributed by atoms with van der Waals surface area (Å²) in [7, 11) is 0. The highest BCUT2D eigenvalue weighted by Crippen LogP contribution is 2.30. The Kier molecular flexibility index (Phi) is 6.53. The lowest BCUT2D eigenvalue weighted by molar-refractivity contribution is -0.210. The molecule has 1 amide bonds. The summed E-state index contributed by atoms with van der Waals surface area (Å²) in [6.45, 7) is 0.388. The van der Waals surface area contributed by atoms with Crippen molar-refractivity contribution in [1.29, 1.82) is 0 Å². The number of hydrogen-bond donors (Lipinski definition) is 1. The Morgan fingerprint density at radius 3 is 2.47 bits per heavy atom. The first-order valence-corrected chi connectivity index (χ1v) is 9.43. The number of hydrogen-bond acceptors (Lipinski definition) is 7. The van der Waals surface area contributed by atoms with Crippen LogP contribution in [0.15, 0.2) is 17.2 Å². The summed E-state index contributed by atoms with van der Waals surface area (Å²) in [4.78, 5) is 30.7. The Hall–Kier alpha value is -3.03. The predicted octanol–water partition coefficient (Wildman–Crippen LogP) is 1.50. The molecule has 0 radical (unpaired) electrons. The van der Waals surface area contributed by atoms with Gasteiger partial charge in [0.05, 0.1) is 6.54 Å². The summed E-state index contributed by atoms with van der Waals surface area (Å²) in [5.74, 6) is -6.33. The van der Waals surface area contributed by atoms with Gasteiger partial charge >= 0.3 is 12.1 Å². The van der Waals surface area contributed by atoms with Crippen molar-refractivity contribution in [2.75, 3.05) is 19.6 Å².